The third-order valence-electron chi connectivity index (χ3n) is 2.68. The summed E-state index contributed by atoms with van der Waals surface area (Å²) in [5, 5.41) is 5.61. The lowest BCUT2D eigenvalue weighted by Gasteiger charge is -2.18. The Bertz CT molecular complexity index is 464. The summed E-state index contributed by atoms with van der Waals surface area (Å²) in [6.07, 6.45) is 0.745. The summed E-state index contributed by atoms with van der Waals surface area (Å²) < 4.78 is 13.8. The standard InChI is InChI=1S/C13H13ClFNS/c1-16-12(8-9-4-3-7-17-9)13-10(14)5-2-6-11(13)15/h2-7,12,16H,8H2,1H3. The topological polar surface area (TPSA) is 12.0 Å². The average Bonchev–Trinajstić information content (AvgIpc) is 2.80. The highest BCUT2D eigenvalue weighted by molar-refractivity contribution is 7.09. The van der Waals surface area contributed by atoms with Crippen LogP contribution in [0.2, 0.25) is 5.02 Å². The summed E-state index contributed by atoms with van der Waals surface area (Å²) in [6, 6.07) is 8.74. The Kier molecular flexibility index (Phi) is 4.15. The summed E-state index contributed by atoms with van der Waals surface area (Å²) in [5.74, 6) is -0.256. The quantitative estimate of drug-likeness (QED) is 0.883. The lowest BCUT2D eigenvalue weighted by Crippen LogP contribution is -2.20. The van der Waals surface area contributed by atoms with Gasteiger partial charge in [-0.15, -0.1) is 11.3 Å². The van der Waals surface area contributed by atoms with Crippen LogP contribution in [-0.4, -0.2) is 7.05 Å². The minimum Gasteiger partial charge on any atom is -0.313 e. The largest absolute Gasteiger partial charge is 0.313 e. The summed E-state index contributed by atoms with van der Waals surface area (Å²) in [5.41, 5.74) is 0.546. The molecule has 1 aromatic heterocycles. The Morgan fingerprint density at radius 1 is 1.35 bits per heavy atom. The number of rotatable bonds is 4. The van der Waals surface area contributed by atoms with Crippen molar-refractivity contribution in [1.82, 2.24) is 5.32 Å². The fraction of sp³-hybridized carbons (Fsp3) is 0.231. The van der Waals surface area contributed by atoms with E-state index in [9.17, 15) is 4.39 Å². The third-order valence-corrected chi connectivity index (χ3v) is 3.91. The van der Waals surface area contributed by atoms with Crippen LogP contribution >= 0.6 is 22.9 Å². The Labute approximate surface area is 109 Å². The molecule has 1 N–H and O–H groups in total. The maximum atomic E-state index is 13.8. The number of halogens is 2. The first-order valence-electron chi connectivity index (χ1n) is 5.36. The summed E-state index contributed by atoms with van der Waals surface area (Å²) >= 11 is 7.73. The van der Waals surface area contributed by atoms with Crippen LogP contribution in [0.3, 0.4) is 0 Å². The van der Waals surface area contributed by atoms with Gasteiger partial charge < -0.3 is 5.32 Å². The van der Waals surface area contributed by atoms with Crippen molar-refractivity contribution in [2.45, 2.75) is 12.5 Å². The van der Waals surface area contributed by atoms with Crippen molar-refractivity contribution in [3.63, 3.8) is 0 Å². The van der Waals surface area contributed by atoms with E-state index >= 15 is 0 Å². The highest BCUT2D eigenvalue weighted by atomic mass is 35.5. The number of likely N-dealkylation sites (N-methyl/N-ethyl adjacent to an activating group) is 1. The zero-order valence-electron chi connectivity index (χ0n) is 9.41. The molecule has 1 nitrogen and oxygen atoms in total. The average molecular weight is 270 g/mol. The first-order valence-corrected chi connectivity index (χ1v) is 6.61. The van der Waals surface area contributed by atoms with Crippen LogP contribution in [0.15, 0.2) is 35.7 Å². The van der Waals surface area contributed by atoms with Gasteiger partial charge in [-0.1, -0.05) is 23.7 Å². The van der Waals surface area contributed by atoms with E-state index in [-0.39, 0.29) is 11.9 Å². The molecule has 0 saturated carbocycles. The smallest absolute Gasteiger partial charge is 0.129 e. The first kappa shape index (κ1) is 12.6. The molecule has 0 spiro atoms. The van der Waals surface area contributed by atoms with E-state index in [1.54, 1.807) is 23.5 Å². The summed E-state index contributed by atoms with van der Waals surface area (Å²) in [6.45, 7) is 0. The molecule has 1 unspecified atom stereocenters. The number of hydrogen-bond donors (Lipinski definition) is 1. The molecule has 0 saturated heterocycles. The van der Waals surface area contributed by atoms with Crippen LogP contribution in [0.5, 0.6) is 0 Å². The highest BCUT2D eigenvalue weighted by Crippen LogP contribution is 2.29. The molecule has 0 aliphatic rings. The molecule has 1 heterocycles. The zero-order valence-corrected chi connectivity index (χ0v) is 11.0. The number of benzene rings is 1. The molecule has 0 bridgehead atoms. The van der Waals surface area contributed by atoms with E-state index in [1.165, 1.54) is 10.9 Å². The molecule has 2 rings (SSSR count). The van der Waals surface area contributed by atoms with Crippen LogP contribution in [-0.2, 0) is 6.42 Å². The molecule has 17 heavy (non-hydrogen) atoms. The van der Waals surface area contributed by atoms with Crippen LogP contribution < -0.4 is 5.32 Å². The second-order valence-corrected chi connectivity index (χ2v) is 5.20. The van der Waals surface area contributed by atoms with Gasteiger partial charge in [0.25, 0.3) is 0 Å². The van der Waals surface area contributed by atoms with E-state index in [0.29, 0.717) is 10.6 Å². The molecule has 1 aromatic carbocycles. The molecule has 0 aliphatic heterocycles. The lowest BCUT2D eigenvalue weighted by molar-refractivity contribution is 0.536. The van der Waals surface area contributed by atoms with Gasteiger partial charge in [0, 0.05) is 27.9 Å². The normalized spacial score (nSPS) is 12.6. The van der Waals surface area contributed by atoms with Gasteiger partial charge in [0.05, 0.1) is 0 Å². The molecule has 0 amide bonds. The van der Waals surface area contributed by atoms with Crippen molar-refractivity contribution < 1.29 is 4.39 Å². The lowest BCUT2D eigenvalue weighted by atomic mass is 10.0. The van der Waals surface area contributed by atoms with E-state index in [1.807, 2.05) is 24.6 Å². The van der Waals surface area contributed by atoms with E-state index in [2.05, 4.69) is 5.32 Å². The van der Waals surface area contributed by atoms with Gasteiger partial charge in [-0.05, 0) is 30.6 Å². The molecule has 0 radical (unpaired) electrons. The van der Waals surface area contributed by atoms with Gasteiger partial charge in [0.15, 0.2) is 0 Å². The number of hydrogen-bond acceptors (Lipinski definition) is 2. The SMILES string of the molecule is CNC(Cc1cccs1)c1c(F)cccc1Cl. The van der Waals surface area contributed by atoms with Gasteiger partial charge in [0.1, 0.15) is 5.82 Å². The Morgan fingerprint density at radius 2 is 2.18 bits per heavy atom. The Balaban J connectivity index is 2.29. The van der Waals surface area contributed by atoms with E-state index in [0.717, 1.165) is 6.42 Å². The van der Waals surface area contributed by atoms with Crippen molar-refractivity contribution >= 4 is 22.9 Å². The monoisotopic (exact) mass is 269 g/mol. The fourth-order valence-electron chi connectivity index (χ4n) is 1.82. The number of nitrogens with one attached hydrogen (secondary N) is 1. The van der Waals surface area contributed by atoms with Crippen molar-refractivity contribution in [2.24, 2.45) is 0 Å². The van der Waals surface area contributed by atoms with Gasteiger partial charge in [0.2, 0.25) is 0 Å². The minimum atomic E-state index is -0.256. The van der Waals surface area contributed by atoms with Crippen molar-refractivity contribution in [3.05, 3.63) is 57.0 Å². The second kappa shape index (κ2) is 5.63. The van der Waals surface area contributed by atoms with Crippen LogP contribution in [0.4, 0.5) is 4.39 Å². The molecular formula is C13H13ClFNS. The second-order valence-electron chi connectivity index (χ2n) is 3.76. The van der Waals surface area contributed by atoms with E-state index in [4.69, 9.17) is 11.6 Å². The van der Waals surface area contributed by atoms with E-state index < -0.39 is 0 Å². The highest BCUT2D eigenvalue weighted by Gasteiger charge is 2.18. The van der Waals surface area contributed by atoms with Gasteiger partial charge in [-0.25, -0.2) is 4.39 Å². The number of thiophene rings is 1. The molecule has 1 atom stereocenters. The first-order chi connectivity index (χ1) is 8.22. The maximum absolute atomic E-state index is 13.8. The molecule has 90 valence electrons. The summed E-state index contributed by atoms with van der Waals surface area (Å²) in [7, 11) is 1.82. The molecule has 4 heteroatoms. The molecule has 2 aromatic rings. The van der Waals surface area contributed by atoms with Gasteiger partial charge >= 0.3 is 0 Å². The Morgan fingerprint density at radius 3 is 2.76 bits per heavy atom. The Hall–Kier alpha value is -0.900. The molecule has 0 fully saturated rings. The van der Waals surface area contributed by atoms with Crippen LogP contribution in [0.1, 0.15) is 16.5 Å². The van der Waals surface area contributed by atoms with Crippen molar-refractivity contribution in [3.8, 4) is 0 Å². The van der Waals surface area contributed by atoms with Crippen molar-refractivity contribution in [1.29, 1.82) is 0 Å². The van der Waals surface area contributed by atoms with Crippen LogP contribution in [0, 0.1) is 5.82 Å². The fourth-order valence-corrected chi connectivity index (χ4v) is 2.87. The maximum Gasteiger partial charge on any atom is 0.129 e. The van der Waals surface area contributed by atoms with Crippen molar-refractivity contribution in [2.75, 3.05) is 7.05 Å². The van der Waals surface area contributed by atoms with Gasteiger partial charge in [-0.3, -0.25) is 0 Å². The molecular weight excluding hydrogens is 257 g/mol. The van der Waals surface area contributed by atoms with Gasteiger partial charge in [-0.2, -0.15) is 0 Å². The predicted octanol–water partition coefficient (Wildman–Crippen LogP) is 4.04. The minimum absolute atomic E-state index is 0.0950. The predicted molar refractivity (Wildman–Crippen MR) is 71.2 cm³/mol. The third kappa shape index (κ3) is 2.86. The zero-order chi connectivity index (χ0) is 12.3. The summed E-state index contributed by atoms with van der Waals surface area (Å²) in [4.78, 5) is 1.21. The van der Waals surface area contributed by atoms with Crippen LogP contribution in [0.25, 0.3) is 0 Å². The molecule has 0 aliphatic carbocycles.